The molecule has 3 nitrogen and oxygen atoms in total. The van der Waals surface area contributed by atoms with Gasteiger partial charge in [0.1, 0.15) is 17.3 Å². The van der Waals surface area contributed by atoms with Crippen LogP contribution in [0.15, 0.2) is 28.7 Å². The van der Waals surface area contributed by atoms with Gasteiger partial charge < -0.3 is 10.3 Å². The highest BCUT2D eigenvalue weighted by Crippen LogP contribution is 2.38. The van der Waals surface area contributed by atoms with Gasteiger partial charge in [0.25, 0.3) is 0 Å². The third-order valence-electron chi connectivity index (χ3n) is 4.14. The number of rotatable bonds is 3. The summed E-state index contributed by atoms with van der Waals surface area (Å²) in [4.78, 5) is 4.85. The van der Waals surface area contributed by atoms with Gasteiger partial charge in [-0.2, -0.15) is 0 Å². The molecule has 0 radical (unpaired) electrons. The number of imidazole rings is 1. The molecule has 21 heavy (non-hydrogen) atoms. The van der Waals surface area contributed by atoms with Gasteiger partial charge in [-0.3, -0.25) is 0 Å². The Morgan fingerprint density at radius 1 is 1.33 bits per heavy atom. The van der Waals surface area contributed by atoms with Crippen molar-refractivity contribution in [2.45, 2.75) is 38.1 Å². The Morgan fingerprint density at radius 2 is 2.05 bits per heavy atom. The molecule has 1 saturated carbocycles. The van der Waals surface area contributed by atoms with E-state index in [9.17, 15) is 0 Å². The average Bonchev–Trinajstić information content (AvgIpc) is 3.10. The fraction of sp³-hybridized carbons (Fsp3) is 0.353. The zero-order valence-electron chi connectivity index (χ0n) is 11.8. The first-order valence-corrected chi connectivity index (χ1v) is 8.06. The van der Waals surface area contributed by atoms with E-state index in [1.54, 1.807) is 0 Å². The number of aromatic nitrogens is 2. The highest BCUT2D eigenvalue weighted by molar-refractivity contribution is 9.10. The molecule has 3 rings (SSSR count). The lowest BCUT2D eigenvalue weighted by atomic mass is 10.1. The topological polar surface area (TPSA) is 43.8 Å². The number of nitrogens with zero attached hydrogens (tertiary/aromatic N) is 2. The van der Waals surface area contributed by atoms with E-state index in [2.05, 4.69) is 21.9 Å². The number of anilines is 1. The number of hydrogen-bond donors (Lipinski definition) is 1. The molecule has 1 aromatic heterocycles. The zero-order chi connectivity index (χ0) is 14.8. The van der Waals surface area contributed by atoms with Crippen LogP contribution in [-0.4, -0.2) is 9.55 Å². The van der Waals surface area contributed by atoms with E-state index in [4.69, 9.17) is 17.1 Å². The molecule has 108 valence electrons. The first-order chi connectivity index (χ1) is 10.2. The maximum Gasteiger partial charge on any atom is 0.132 e. The van der Waals surface area contributed by atoms with E-state index in [0.717, 1.165) is 21.6 Å². The summed E-state index contributed by atoms with van der Waals surface area (Å²) < 4.78 is 3.00. The molecular formula is C17H18BrN3. The molecule has 0 unspecified atom stereocenters. The molecule has 0 spiro atoms. The second-order valence-electron chi connectivity index (χ2n) is 5.46. The fourth-order valence-corrected chi connectivity index (χ4v) is 3.56. The van der Waals surface area contributed by atoms with Crippen LogP contribution in [0.1, 0.15) is 37.4 Å². The molecule has 0 saturated heterocycles. The standard InChI is InChI=1S/C17H18BrN3/c1-2-11-21-16(19)15(13-9-5-6-10-14(13)18)20-17(21)12-7-3-4-8-12/h1,5-6,9-10,12H,3-4,7-8,11,19H2. The van der Waals surface area contributed by atoms with Crippen molar-refractivity contribution in [1.82, 2.24) is 9.55 Å². The Hall–Kier alpha value is -1.73. The van der Waals surface area contributed by atoms with E-state index in [1.807, 2.05) is 28.8 Å². The molecule has 2 aromatic rings. The van der Waals surface area contributed by atoms with Gasteiger partial charge in [0, 0.05) is 16.0 Å². The van der Waals surface area contributed by atoms with Gasteiger partial charge in [0.15, 0.2) is 0 Å². The molecule has 2 N–H and O–H groups in total. The van der Waals surface area contributed by atoms with Crippen LogP contribution in [0.5, 0.6) is 0 Å². The maximum atomic E-state index is 6.34. The Bertz CT molecular complexity index is 691. The number of nitrogen functional groups attached to an aromatic ring is 1. The van der Waals surface area contributed by atoms with Gasteiger partial charge in [-0.05, 0) is 18.9 Å². The third-order valence-corrected chi connectivity index (χ3v) is 4.83. The van der Waals surface area contributed by atoms with E-state index in [1.165, 1.54) is 25.7 Å². The van der Waals surface area contributed by atoms with Gasteiger partial charge >= 0.3 is 0 Å². The lowest BCUT2D eigenvalue weighted by molar-refractivity contribution is 0.622. The predicted octanol–water partition coefficient (Wildman–Crippen LogP) is 4.19. The van der Waals surface area contributed by atoms with Crippen molar-refractivity contribution >= 4 is 21.7 Å². The van der Waals surface area contributed by atoms with Crippen LogP contribution in [0.25, 0.3) is 11.3 Å². The van der Waals surface area contributed by atoms with Crippen molar-refractivity contribution in [3.8, 4) is 23.6 Å². The van der Waals surface area contributed by atoms with Crippen molar-refractivity contribution in [2.75, 3.05) is 5.73 Å². The summed E-state index contributed by atoms with van der Waals surface area (Å²) in [5.74, 6) is 4.90. The molecule has 4 heteroatoms. The number of hydrogen-bond acceptors (Lipinski definition) is 2. The molecule has 1 heterocycles. The van der Waals surface area contributed by atoms with Gasteiger partial charge in [-0.15, -0.1) is 6.42 Å². The van der Waals surface area contributed by atoms with Crippen molar-refractivity contribution in [2.24, 2.45) is 0 Å². The summed E-state index contributed by atoms with van der Waals surface area (Å²) in [6.07, 6.45) is 10.4. The summed E-state index contributed by atoms with van der Waals surface area (Å²) in [7, 11) is 0. The minimum Gasteiger partial charge on any atom is -0.383 e. The number of nitrogens with two attached hydrogens (primary N) is 1. The minimum atomic E-state index is 0.481. The Morgan fingerprint density at radius 3 is 2.71 bits per heavy atom. The van der Waals surface area contributed by atoms with Crippen molar-refractivity contribution in [1.29, 1.82) is 0 Å². The quantitative estimate of drug-likeness (QED) is 0.849. The first-order valence-electron chi connectivity index (χ1n) is 7.26. The van der Waals surface area contributed by atoms with E-state index < -0.39 is 0 Å². The van der Waals surface area contributed by atoms with Gasteiger partial charge in [0.2, 0.25) is 0 Å². The highest BCUT2D eigenvalue weighted by Gasteiger charge is 2.25. The summed E-state index contributed by atoms with van der Waals surface area (Å²) >= 11 is 3.58. The molecule has 1 aliphatic rings. The number of halogens is 1. The second-order valence-corrected chi connectivity index (χ2v) is 6.31. The molecule has 1 aromatic carbocycles. The van der Waals surface area contributed by atoms with Crippen LogP contribution in [0.4, 0.5) is 5.82 Å². The van der Waals surface area contributed by atoms with E-state index in [-0.39, 0.29) is 0 Å². The fourth-order valence-electron chi connectivity index (χ4n) is 3.09. The largest absolute Gasteiger partial charge is 0.383 e. The molecule has 0 aliphatic heterocycles. The highest BCUT2D eigenvalue weighted by atomic mass is 79.9. The van der Waals surface area contributed by atoms with Gasteiger partial charge in [0.05, 0.1) is 6.54 Å². The first kappa shape index (κ1) is 14.2. The second kappa shape index (κ2) is 5.95. The predicted molar refractivity (Wildman–Crippen MR) is 89.8 cm³/mol. The molecule has 0 atom stereocenters. The number of benzene rings is 1. The van der Waals surface area contributed by atoms with Crippen LogP contribution in [-0.2, 0) is 6.54 Å². The van der Waals surface area contributed by atoms with E-state index >= 15 is 0 Å². The molecule has 0 bridgehead atoms. The Labute approximate surface area is 133 Å². The monoisotopic (exact) mass is 343 g/mol. The Kier molecular flexibility index (Phi) is 4.03. The summed E-state index contributed by atoms with van der Waals surface area (Å²) in [5.41, 5.74) is 8.19. The summed E-state index contributed by atoms with van der Waals surface area (Å²) in [5, 5.41) is 0. The van der Waals surface area contributed by atoms with Crippen LogP contribution in [0.2, 0.25) is 0 Å². The smallest absolute Gasteiger partial charge is 0.132 e. The summed E-state index contributed by atoms with van der Waals surface area (Å²) in [6.45, 7) is 0.481. The zero-order valence-corrected chi connectivity index (χ0v) is 13.4. The van der Waals surface area contributed by atoms with Crippen LogP contribution in [0, 0.1) is 12.3 Å². The maximum absolute atomic E-state index is 6.34. The van der Waals surface area contributed by atoms with Crippen LogP contribution in [0.3, 0.4) is 0 Å². The van der Waals surface area contributed by atoms with E-state index in [0.29, 0.717) is 18.3 Å². The molecule has 1 aliphatic carbocycles. The SMILES string of the molecule is C#CCn1c(C2CCCC2)nc(-c2ccccc2Br)c1N. The number of terminal acetylenes is 1. The van der Waals surface area contributed by atoms with Crippen molar-refractivity contribution in [3.63, 3.8) is 0 Å². The van der Waals surface area contributed by atoms with Gasteiger partial charge in [-0.1, -0.05) is 52.9 Å². The van der Waals surface area contributed by atoms with Gasteiger partial charge in [-0.25, -0.2) is 4.98 Å². The van der Waals surface area contributed by atoms with Crippen LogP contribution < -0.4 is 5.73 Å². The van der Waals surface area contributed by atoms with Crippen molar-refractivity contribution in [3.05, 3.63) is 34.6 Å². The Balaban J connectivity index is 2.12. The lowest BCUT2D eigenvalue weighted by Gasteiger charge is -2.11. The molecular weight excluding hydrogens is 326 g/mol. The molecule has 1 fully saturated rings. The summed E-state index contributed by atoms with van der Waals surface area (Å²) in [6, 6.07) is 8.01. The average molecular weight is 344 g/mol. The third kappa shape index (κ3) is 2.58. The van der Waals surface area contributed by atoms with Crippen LogP contribution >= 0.6 is 15.9 Å². The lowest BCUT2D eigenvalue weighted by Crippen LogP contribution is -2.09. The van der Waals surface area contributed by atoms with Crippen molar-refractivity contribution < 1.29 is 0 Å². The minimum absolute atomic E-state index is 0.481. The normalized spacial score (nSPS) is 15.2. The molecule has 0 amide bonds.